The molecule has 4 nitrogen and oxygen atoms in total. The van der Waals surface area contributed by atoms with Gasteiger partial charge in [-0.15, -0.1) is 12.4 Å². The van der Waals surface area contributed by atoms with E-state index in [9.17, 15) is 4.79 Å². The Morgan fingerprint density at radius 3 is 2.71 bits per heavy atom. The lowest BCUT2D eigenvalue weighted by molar-refractivity contribution is -0.123. The van der Waals surface area contributed by atoms with Crippen molar-refractivity contribution in [3.05, 3.63) is 29.3 Å². The first-order valence-electron chi connectivity index (χ1n) is 7.27. The van der Waals surface area contributed by atoms with Crippen LogP contribution in [0.3, 0.4) is 0 Å². The summed E-state index contributed by atoms with van der Waals surface area (Å²) < 4.78 is 5.70. The zero-order chi connectivity index (χ0) is 14.5. The Balaban J connectivity index is 0.00000220. The highest BCUT2D eigenvalue weighted by molar-refractivity contribution is 5.85. The van der Waals surface area contributed by atoms with Gasteiger partial charge in [-0.3, -0.25) is 4.79 Å². The third kappa shape index (κ3) is 5.21. The summed E-state index contributed by atoms with van der Waals surface area (Å²) in [4.78, 5) is 11.8. The van der Waals surface area contributed by atoms with Gasteiger partial charge in [0.25, 0.3) is 5.91 Å². The molecule has 1 aliphatic rings. The molecule has 1 aromatic rings. The normalized spacial score (nSPS) is 14.3. The van der Waals surface area contributed by atoms with Crippen LogP contribution in [-0.4, -0.2) is 32.1 Å². The highest BCUT2D eigenvalue weighted by atomic mass is 35.5. The topological polar surface area (TPSA) is 50.4 Å². The van der Waals surface area contributed by atoms with E-state index in [1.165, 1.54) is 0 Å². The van der Waals surface area contributed by atoms with E-state index in [0.29, 0.717) is 11.8 Å². The lowest BCUT2D eigenvalue weighted by atomic mass is 10.0. The summed E-state index contributed by atoms with van der Waals surface area (Å²) in [6.07, 6.45) is 0. The van der Waals surface area contributed by atoms with Crippen molar-refractivity contribution in [3.63, 3.8) is 0 Å². The average molecular weight is 313 g/mol. The molecule has 21 heavy (non-hydrogen) atoms. The fraction of sp³-hybridized carbons (Fsp3) is 0.562. The van der Waals surface area contributed by atoms with E-state index >= 15 is 0 Å². The SMILES string of the molecule is Cc1ccc(C(C)C)c(OCC(=O)NCC2CNC2)c1.Cl. The second-order valence-corrected chi connectivity index (χ2v) is 5.81. The van der Waals surface area contributed by atoms with Gasteiger partial charge < -0.3 is 15.4 Å². The Labute approximate surface area is 133 Å². The van der Waals surface area contributed by atoms with Crippen LogP contribution in [0.1, 0.15) is 30.9 Å². The van der Waals surface area contributed by atoms with Crippen LogP contribution in [0.5, 0.6) is 5.75 Å². The van der Waals surface area contributed by atoms with E-state index in [0.717, 1.165) is 36.5 Å². The molecule has 1 aromatic carbocycles. The fourth-order valence-corrected chi connectivity index (χ4v) is 2.19. The second-order valence-electron chi connectivity index (χ2n) is 5.81. The summed E-state index contributed by atoms with van der Waals surface area (Å²) in [7, 11) is 0. The maximum absolute atomic E-state index is 11.8. The summed E-state index contributed by atoms with van der Waals surface area (Å²) >= 11 is 0. The number of nitrogens with one attached hydrogen (secondary N) is 2. The quantitative estimate of drug-likeness (QED) is 0.847. The number of amides is 1. The smallest absolute Gasteiger partial charge is 0.257 e. The van der Waals surface area contributed by atoms with Gasteiger partial charge in [0.05, 0.1) is 0 Å². The summed E-state index contributed by atoms with van der Waals surface area (Å²) in [5.41, 5.74) is 2.29. The number of hydrogen-bond donors (Lipinski definition) is 2. The molecule has 0 radical (unpaired) electrons. The minimum absolute atomic E-state index is 0. The van der Waals surface area contributed by atoms with E-state index < -0.39 is 0 Å². The van der Waals surface area contributed by atoms with Gasteiger partial charge in [0.2, 0.25) is 0 Å². The third-order valence-electron chi connectivity index (χ3n) is 3.60. The summed E-state index contributed by atoms with van der Waals surface area (Å²) in [6.45, 7) is 9.10. The molecule has 1 fully saturated rings. The van der Waals surface area contributed by atoms with Crippen LogP contribution in [0.2, 0.25) is 0 Å². The zero-order valence-corrected chi connectivity index (χ0v) is 13.8. The van der Waals surface area contributed by atoms with E-state index in [-0.39, 0.29) is 24.9 Å². The van der Waals surface area contributed by atoms with E-state index in [1.54, 1.807) is 0 Å². The van der Waals surface area contributed by atoms with Crippen LogP contribution in [-0.2, 0) is 4.79 Å². The largest absolute Gasteiger partial charge is 0.483 e. The van der Waals surface area contributed by atoms with Crippen molar-refractivity contribution in [2.24, 2.45) is 5.92 Å². The molecule has 1 heterocycles. The first kappa shape index (κ1) is 17.8. The van der Waals surface area contributed by atoms with Crippen LogP contribution < -0.4 is 15.4 Å². The Morgan fingerprint density at radius 2 is 2.14 bits per heavy atom. The predicted molar refractivity (Wildman–Crippen MR) is 87.4 cm³/mol. The zero-order valence-electron chi connectivity index (χ0n) is 12.9. The number of carbonyl (C=O) groups excluding carboxylic acids is 1. The van der Waals surface area contributed by atoms with Crippen LogP contribution in [0.4, 0.5) is 0 Å². The van der Waals surface area contributed by atoms with Crippen LogP contribution >= 0.6 is 12.4 Å². The molecule has 1 aliphatic heterocycles. The summed E-state index contributed by atoms with van der Waals surface area (Å²) in [5, 5.41) is 6.10. The first-order chi connectivity index (χ1) is 9.56. The van der Waals surface area contributed by atoms with Crippen molar-refractivity contribution in [2.75, 3.05) is 26.2 Å². The van der Waals surface area contributed by atoms with Crippen molar-refractivity contribution in [3.8, 4) is 5.75 Å². The molecule has 0 spiro atoms. The molecule has 0 atom stereocenters. The molecule has 1 saturated heterocycles. The van der Waals surface area contributed by atoms with Crippen molar-refractivity contribution in [1.29, 1.82) is 0 Å². The molecular weight excluding hydrogens is 288 g/mol. The standard InChI is InChI=1S/C16H24N2O2.ClH/c1-11(2)14-5-4-12(3)6-15(14)20-10-16(19)18-9-13-7-17-8-13;/h4-6,11,13,17H,7-10H2,1-3H3,(H,18,19);1H. The van der Waals surface area contributed by atoms with Gasteiger partial charge in [0, 0.05) is 25.6 Å². The van der Waals surface area contributed by atoms with Crippen molar-refractivity contribution in [1.82, 2.24) is 10.6 Å². The van der Waals surface area contributed by atoms with Gasteiger partial charge in [-0.05, 0) is 30.0 Å². The van der Waals surface area contributed by atoms with Crippen LogP contribution in [0.25, 0.3) is 0 Å². The average Bonchev–Trinajstić information content (AvgIpc) is 2.34. The van der Waals surface area contributed by atoms with E-state index in [4.69, 9.17) is 4.74 Å². The molecule has 1 amide bonds. The number of ether oxygens (including phenoxy) is 1. The monoisotopic (exact) mass is 312 g/mol. The van der Waals surface area contributed by atoms with Crippen molar-refractivity contribution >= 4 is 18.3 Å². The van der Waals surface area contributed by atoms with Gasteiger partial charge in [0.15, 0.2) is 6.61 Å². The number of carbonyl (C=O) groups is 1. The minimum Gasteiger partial charge on any atom is -0.483 e. The second kappa shape index (κ2) is 8.25. The summed E-state index contributed by atoms with van der Waals surface area (Å²) in [6, 6.07) is 6.15. The number of aryl methyl sites for hydroxylation is 1. The number of rotatable bonds is 6. The van der Waals surface area contributed by atoms with Gasteiger partial charge in [-0.1, -0.05) is 26.0 Å². The third-order valence-corrected chi connectivity index (χ3v) is 3.60. The molecular formula is C16H25ClN2O2. The molecule has 0 saturated carbocycles. The number of hydrogen-bond acceptors (Lipinski definition) is 3. The molecule has 0 aliphatic carbocycles. The Bertz CT molecular complexity index is 473. The predicted octanol–water partition coefficient (Wildman–Crippen LogP) is 2.25. The minimum atomic E-state index is -0.0480. The lowest BCUT2D eigenvalue weighted by Crippen LogP contribution is -2.48. The van der Waals surface area contributed by atoms with Gasteiger partial charge in [0.1, 0.15) is 5.75 Å². The maximum Gasteiger partial charge on any atom is 0.257 e. The molecule has 2 N–H and O–H groups in total. The molecule has 2 rings (SSSR count). The lowest BCUT2D eigenvalue weighted by Gasteiger charge is -2.27. The molecule has 0 bridgehead atoms. The number of benzene rings is 1. The molecule has 5 heteroatoms. The Morgan fingerprint density at radius 1 is 1.43 bits per heavy atom. The van der Waals surface area contributed by atoms with Gasteiger partial charge in [-0.25, -0.2) is 0 Å². The van der Waals surface area contributed by atoms with Crippen molar-refractivity contribution in [2.45, 2.75) is 26.7 Å². The molecule has 0 unspecified atom stereocenters. The van der Waals surface area contributed by atoms with Crippen LogP contribution in [0.15, 0.2) is 18.2 Å². The van der Waals surface area contributed by atoms with Gasteiger partial charge in [-0.2, -0.15) is 0 Å². The van der Waals surface area contributed by atoms with Crippen molar-refractivity contribution < 1.29 is 9.53 Å². The summed E-state index contributed by atoms with van der Waals surface area (Å²) in [5.74, 6) is 1.73. The maximum atomic E-state index is 11.8. The Kier molecular flexibility index (Phi) is 6.99. The fourth-order valence-electron chi connectivity index (χ4n) is 2.19. The van der Waals surface area contributed by atoms with Crippen LogP contribution in [0, 0.1) is 12.8 Å². The molecule has 0 aromatic heterocycles. The highest BCUT2D eigenvalue weighted by Gasteiger charge is 2.17. The van der Waals surface area contributed by atoms with E-state index in [2.05, 4.69) is 36.6 Å². The number of halogens is 1. The van der Waals surface area contributed by atoms with Gasteiger partial charge >= 0.3 is 0 Å². The highest BCUT2D eigenvalue weighted by Crippen LogP contribution is 2.27. The van der Waals surface area contributed by atoms with E-state index in [1.807, 2.05) is 13.0 Å². The molecule has 118 valence electrons. The Hall–Kier alpha value is -1.26. The first-order valence-corrected chi connectivity index (χ1v) is 7.27.